The van der Waals surface area contributed by atoms with E-state index in [0.717, 1.165) is 12.8 Å². The highest BCUT2D eigenvalue weighted by atomic mass is 79.9. The van der Waals surface area contributed by atoms with Gasteiger partial charge in [0, 0.05) is 22.0 Å². The van der Waals surface area contributed by atoms with E-state index in [9.17, 15) is 4.79 Å². The van der Waals surface area contributed by atoms with Crippen LogP contribution in [0.3, 0.4) is 0 Å². The molecule has 1 aliphatic carbocycles. The van der Waals surface area contributed by atoms with Gasteiger partial charge in [0.2, 0.25) is 0 Å². The van der Waals surface area contributed by atoms with Crippen LogP contribution >= 0.6 is 15.9 Å². The number of carbonyl (C=O) groups is 1. The minimum atomic E-state index is -0.0700. The topological polar surface area (TPSA) is 29.1 Å². The van der Waals surface area contributed by atoms with E-state index in [-0.39, 0.29) is 4.82 Å². The third-order valence-electron chi connectivity index (χ3n) is 1.92. The maximum atomic E-state index is 10.5. The molecule has 1 N–H and O–H groups in total. The smallest absolute Gasteiger partial charge is 0.287 e. The summed E-state index contributed by atoms with van der Waals surface area (Å²) in [4.78, 5) is 10.4. The molecule has 0 heterocycles. The van der Waals surface area contributed by atoms with Crippen molar-refractivity contribution in [2.75, 3.05) is 0 Å². The molecule has 3 heteroatoms. The van der Waals surface area contributed by atoms with Crippen LogP contribution in [0.1, 0.15) is 32.1 Å². The van der Waals surface area contributed by atoms with Gasteiger partial charge < -0.3 is 5.32 Å². The second-order valence-corrected chi connectivity index (χ2v) is 3.47. The number of amides is 1. The highest BCUT2D eigenvalue weighted by molar-refractivity contribution is 9.18. The van der Waals surface area contributed by atoms with Crippen LogP contribution in [0, 0.1) is 0 Å². The molecule has 1 fully saturated rings. The maximum absolute atomic E-state index is 10.5. The summed E-state index contributed by atoms with van der Waals surface area (Å²) in [5.74, 6) is 0. The number of rotatable bonds is 1. The highest BCUT2D eigenvalue weighted by Gasteiger charge is 2.13. The van der Waals surface area contributed by atoms with E-state index >= 15 is 0 Å². The Kier molecular flexibility index (Phi) is 3.19. The number of carbonyl (C=O) groups excluding carboxylic acids is 1. The summed E-state index contributed by atoms with van der Waals surface area (Å²) >= 11 is 2.86. The molecule has 0 aromatic heterocycles. The fraction of sp³-hybridized carbons (Fsp3) is 0.857. The molecule has 0 atom stereocenters. The summed E-state index contributed by atoms with van der Waals surface area (Å²) in [6, 6.07) is 0.431. The number of hydrogen-bond donors (Lipinski definition) is 1. The van der Waals surface area contributed by atoms with E-state index in [1.54, 1.807) is 0 Å². The van der Waals surface area contributed by atoms with Crippen LogP contribution in [-0.2, 0) is 0 Å². The number of halogens is 1. The van der Waals surface area contributed by atoms with Crippen molar-refractivity contribution in [3.05, 3.63) is 0 Å². The third kappa shape index (κ3) is 2.69. The molecule has 2 nitrogen and oxygen atoms in total. The Hall–Kier alpha value is -0.0500. The Balaban J connectivity index is 2.19. The highest BCUT2D eigenvalue weighted by Crippen LogP contribution is 2.17. The van der Waals surface area contributed by atoms with Crippen molar-refractivity contribution in [3.63, 3.8) is 0 Å². The lowest BCUT2D eigenvalue weighted by atomic mass is 9.96. The molecule has 0 aliphatic heterocycles. The number of nitrogens with one attached hydrogen (secondary N) is 1. The first-order valence-electron chi connectivity index (χ1n) is 3.75. The van der Waals surface area contributed by atoms with E-state index < -0.39 is 0 Å². The molecule has 58 valence electrons. The molecule has 0 bridgehead atoms. The lowest BCUT2D eigenvalue weighted by molar-refractivity contribution is 0.254. The predicted molar refractivity (Wildman–Crippen MR) is 44.3 cm³/mol. The van der Waals surface area contributed by atoms with Gasteiger partial charge in [-0.1, -0.05) is 19.3 Å². The van der Waals surface area contributed by atoms with Crippen LogP contribution in [0.5, 0.6) is 0 Å². The number of hydrogen-bond acceptors (Lipinski definition) is 1. The van der Waals surface area contributed by atoms with Crippen molar-refractivity contribution in [3.8, 4) is 0 Å². The quantitative estimate of drug-likeness (QED) is 0.518. The summed E-state index contributed by atoms with van der Waals surface area (Å²) in [7, 11) is 0. The van der Waals surface area contributed by atoms with E-state index in [4.69, 9.17) is 0 Å². The predicted octanol–water partition coefficient (Wildman–Crippen LogP) is 2.42. The van der Waals surface area contributed by atoms with Gasteiger partial charge in [-0.2, -0.15) is 0 Å². The van der Waals surface area contributed by atoms with Gasteiger partial charge in [0.05, 0.1) is 0 Å². The van der Waals surface area contributed by atoms with E-state index in [1.807, 2.05) is 0 Å². The molecule has 0 aromatic rings. The van der Waals surface area contributed by atoms with Gasteiger partial charge in [0.25, 0.3) is 4.82 Å². The third-order valence-corrected chi connectivity index (χ3v) is 2.15. The van der Waals surface area contributed by atoms with Crippen LogP contribution in [0.2, 0.25) is 0 Å². The summed E-state index contributed by atoms with van der Waals surface area (Å²) < 4.78 is 0. The molecule has 1 rings (SSSR count). The molecule has 0 aromatic carbocycles. The minimum Gasteiger partial charge on any atom is -0.344 e. The Morgan fingerprint density at radius 3 is 2.40 bits per heavy atom. The van der Waals surface area contributed by atoms with Gasteiger partial charge in [-0.25, -0.2) is 0 Å². The van der Waals surface area contributed by atoms with Gasteiger partial charge >= 0.3 is 0 Å². The molecule has 0 saturated heterocycles. The molecular weight excluding hydrogens is 194 g/mol. The van der Waals surface area contributed by atoms with E-state index in [0.29, 0.717) is 6.04 Å². The molecule has 1 aliphatic rings. The summed E-state index contributed by atoms with van der Waals surface area (Å²) in [6.07, 6.45) is 6.15. The standard InChI is InChI=1S/C7H12BrNO/c8-7(10)9-6-4-2-1-3-5-6/h6H,1-5H2,(H,9,10). The van der Waals surface area contributed by atoms with Crippen molar-refractivity contribution in [2.24, 2.45) is 0 Å². The SMILES string of the molecule is O=C(Br)NC1CCCCC1. The van der Waals surface area contributed by atoms with Crippen molar-refractivity contribution >= 4 is 20.7 Å². The Morgan fingerprint density at radius 1 is 1.30 bits per heavy atom. The fourth-order valence-electron chi connectivity index (χ4n) is 1.41. The van der Waals surface area contributed by atoms with Crippen molar-refractivity contribution in [1.29, 1.82) is 0 Å². The van der Waals surface area contributed by atoms with Crippen LogP contribution in [0.25, 0.3) is 0 Å². The van der Waals surface area contributed by atoms with Crippen LogP contribution < -0.4 is 5.32 Å². The average molecular weight is 206 g/mol. The Bertz CT molecular complexity index is 121. The zero-order valence-corrected chi connectivity index (χ0v) is 7.49. The largest absolute Gasteiger partial charge is 0.344 e. The summed E-state index contributed by atoms with van der Waals surface area (Å²) in [6.45, 7) is 0. The molecule has 0 radical (unpaired) electrons. The first-order chi connectivity index (χ1) is 4.79. The molecule has 10 heavy (non-hydrogen) atoms. The second-order valence-electron chi connectivity index (χ2n) is 2.75. The molecule has 0 unspecified atom stereocenters. The second kappa shape index (κ2) is 3.96. The van der Waals surface area contributed by atoms with Gasteiger partial charge in [-0.3, -0.25) is 4.79 Å². The lowest BCUT2D eigenvalue weighted by Crippen LogP contribution is -2.32. The lowest BCUT2D eigenvalue weighted by Gasteiger charge is -2.21. The van der Waals surface area contributed by atoms with Crippen LogP contribution in [0.4, 0.5) is 4.79 Å². The van der Waals surface area contributed by atoms with E-state index in [2.05, 4.69) is 21.2 Å². The van der Waals surface area contributed by atoms with Gasteiger partial charge in [-0.15, -0.1) is 0 Å². The Morgan fingerprint density at radius 2 is 1.90 bits per heavy atom. The first kappa shape index (κ1) is 8.05. The van der Waals surface area contributed by atoms with Crippen LogP contribution in [-0.4, -0.2) is 10.9 Å². The van der Waals surface area contributed by atoms with Crippen molar-refractivity contribution in [1.82, 2.24) is 5.32 Å². The summed E-state index contributed by atoms with van der Waals surface area (Å²) in [5.41, 5.74) is 0. The fourth-order valence-corrected chi connectivity index (χ4v) is 1.73. The Labute approximate surface area is 69.5 Å². The van der Waals surface area contributed by atoms with Crippen molar-refractivity contribution < 1.29 is 4.79 Å². The molecule has 1 amide bonds. The monoisotopic (exact) mass is 205 g/mol. The zero-order valence-electron chi connectivity index (χ0n) is 5.90. The maximum Gasteiger partial charge on any atom is 0.287 e. The molecular formula is C7H12BrNO. The normalized spacial score (nSPS) is 20.5. The molecule has 0 spiro atoms. The van der Waals surface area contributed by atoms with E-state index in [1.165, 1.54) is 19.3 Å². The van der Waals surface area contributed by atoms with Gasteiger partial charge in [0.15, 0.2) is 0 Å². The first-order valence-corrected chi connectivity index (χ1v) is 4.54. The zero-order chi connectivity index (χ0) is 7.40. The average Bonchev–Trinajstić information content (AvgIpc) is 1.88. The minimum absolute atomic E-state index is 0.0700. The van der Waals surface area contributed by atoms with Gasteiger partial charge in [0.1, 0.15) is 0 Å². The molecule has 1 saturated carbocycles. The van der Waals surface area contributed by atoms with Gasteiger partial charge in [-0.05, 0) is 12.8 Å². The summed E-state index contributed by atoms with van der Waals surface area (Å²) in [5, 5.41) is 2.86. The van der Waals surface area contributed by atoms with Crippen LogP contribution in [0.15, 0.2) is 0 Å². The van der Waals surface area contributed by atoms with Crippen molar-refractivity contribution in [2.45, 2.75) is 38.1 Å².